The second kappa shape index (κ2) is 9.79. The largest absolute Gasteiger partial charge is 0.494 e. The quantitative estimate of drug-likeness (QED) is 0.564. The molecular weight excluding hydrogens is 462 g/mol. The number of benzene rings is 1. The number of amides is 1. The summed E-state index contributed by atoms with van der Waals surface area (Å²) in [4.78, 5) is 50.6. The molecule has 4 rings (SSSR count). The second-order valence-corrected chi connectivity index (χ2v) is 10.5. The van der Waals surface area contributed by atoms with Gasteiger partial charge in [-0.05, 0) is 53.9 Å². The van der Waals surface area contributed by atoms with Gasteiger partial charge in [0.05, 0.1) is 6.54 Å². The SMILES string of the molecule is CC1=CCC(C)(C)c2cc(Cn3c(O)c(C(=O)NCC(=O)O)c(=O)n(C4CCCCC4)c3=O)ccc21. The molecule has 0 bridgehead atoms. The van der Waals surface area contributed by atoms with Crippen molar-refractivity contribution in [3.63, 3.8) is 0 Å². The maximum atomic E-state index is 13.6. The van der Waals surface area contributed by atoms with Crippen LogP contribution in [0.25, 0.3) is 5.57 Å². The number of allylic oxidation sites excluding steroid dienone is 2. The smallest absolute Gasteiger partial charge is 0.334 e. The van der Waals surface area contributed by atoms with Gasteiger partial charge in [0.1, 0.15) is 6.54 Å². The summed E-state index contributed by atoms with van der Waals surface area (Å²) >= 11 is 0. The Labute approximate surface area is 209 Å². The number of carboxylic acids is 1. The van der Waals surface area contributed by atoms with Crippen molar-refractivity contribution < 1.29 is 19.8 Å². The maximum Gasteiger partial charge on any atom is 0.334 e. The van der Waals surface area contributed by atoms with Gasteiger partial charge in [-0.3, -0.25) is 23.5 Å². The van der Waals surface area contributed by atoms with Gasteiger partial charge in [-0.1, -0.05) is 57.4 Å². The lowest BCUT2D eigenvalue weighted by Gasteiger charge is -2.32. The molecule has 1 heterocycles. The molecule has 1 saturated carbocycles. The van der Waals surface area contributed by atoms with Crippen LogP contribution >= 0.6 is 0 Å². The van der Waals surface area contributed by atoms with Crippen LogP contribution in [0.1, 0.15) is 92.4 Å². The molecule has 1 aromatic carbocycles. The molecule has 2 aliphatic carbocycles. The second-order valence-electron chi connectivity index (χ2n) is 10.5. The number of aromatic hydroxyl groups is 1. The zero-order valence-electron chi connectivity index (χ0n) is 21.0. The van der Waals surface area contributed by atoms with Crippen molar-refractivity contribution in [3.05, 3.63) is 67.4 Å². The highest BCUT2D eigenvalue weighted by Gasteiger charge is 2.30. The van der Waals surface area contributed by atoms with Crippen LogP contribution < -0.4 is 16.6 Å². The van der Waals surface area contributed by atoms with E-state index in [0.29, 0.717) is 12.8 Å². The first-order valence-corrected chi connectivity index (χ1v) is 12.4. The van der Waals surface area contributed by atoms with Gasteiger partial charge in [0.25, 0.3) is 11.5 Å². The molecule has 192 valence electrons. The Balaban J connectivity index is 1.84. The minimum atomic E-state index is -1.29. The monoisotopic (exact) mass is 495 g/mol. The summed E-state index contributed by atoms with van der Waals surface area (Å²) in [6.07, 6.45) is 7.03. The van der Waals surface area contributed by atoms with E-state index in [1.165, 1.54) is 5.57 Å². The molecule has 1 aromatic heterocycles. The summed E-state index contributed by atoms with van der Waals surface area (Å²) in [7, 11) is 0. The van der Waals surface area contributed by atoms with E-state index in [1.807, 2.05) is 18.2 Å². The fraction of sp³-hybridized carbons (Fsp3) is 0.481. The molecule has 0 spiro atoms. The lowest BCUT2D eigenvalue weighted by Crippen LogP contribution is -2.47. The zero-order valence-corrected chi connectivity index (χ0v) is 21.0. The number of nitrogens with one attached hydrogen (secondary N) is 1. The fourth-order valence-corrected chi connectivity index (χ4v) is 5.31. The van der Waals surface area contributed by atoms with Crippen LogP contribution in [0.2, 0.25) is 0 Å². The van der Waals surface area contributed by atoms with Crippen LogP contribution in [-0.4, -0.2) is 37.8 Å². The lowest BCUT2D eigenvalue weighted by atomic mass is 9.73. The van der Waals surface area contributed by atoms with E-state index in [-0.39, 0.29) is 18.0 Å². The van der Waals surface area contributed by atoms with E-state index >= 15 is 0 Å². The zero-order chi connectivity index (χ0) is 26.2. The Hall–Kier alpha value is -3.62. The highest BCUT2D eigenvalue weighted by Crippen LogP contribution is 2.39. The summed E-state index contributed by atoms with van der Waals surface area (Å²) in [6, 6.07) is 5.51. The van der Waals surface area contributed by atoms with Crippen molar-refractivity contribution in [2.24, 2.45) is 0 Å². The van der Waals surface area contributed by atoms with Crippen molar-refractivity contribution in [1.82, 2.24) is 14.5 Å². The summed E-state index contributed by atoms with van der Waals surface area (Å²) < 4.78 is 2.12. The number of aliphatic carboxylic acids is 1. The normalized spacial score (nSPS) is 17.2. The molecule has 2 aliphatic rings. The number of carbonyl (C=O) groups excluding carboxylic acids is 1. The van der Waals surface area contributed by atoms with Gasteiger partial charge in [-0.2, -0.15) is 0 Å². The lowest BCUT2D eigenvalue weighted by molar-refractivity contribution is -0.135. The van der Waals surface area contributed by atoms with Crippen molar-refractivity contribution in [2.75, 3.05) is 6.54 Å². The number of fused-ring (bicyclic) bond motifs is 1. The van der Waals surface area contributed by atoms with Crippen molar-refractivity contribution in [2.45, 2.75) is 77.3 Å². The summed E-state index contributed by atoms with van der Waals surface area (Å²) in [5, 5.41) is 22.1. The minimum Gasteiger partial charge on any atom is -0.494 e. The Kier molecular flexibility index (Phi) is 6.93. The predicted octanol–water partition coefficient (Wildman–Crippen LogP) is 3.17. The van der Waals surface area contributed by atoms with Gasteiger partial charge in [-0.15, -0.1) is 0 Å². The molecule has 0 unspecified atom stereocenters. The van der Waals surface area contributed by atoms with Crippen LogP contribution in [0.5, 0.6) is 5.88 Å². The molecule has 1 amide bonds. The fourth-order valence-electron chi connectivity index (χ4n) is 5.31. The first-order valence-electron chi connectivity index (χ1n) is 12.4. The van der Waals surface area contributed by atoms with E-state index < -0.39 is 41.1 Å². The molecule has 3 N–H and O–H groups in total. The number of hydrogen-bond donors (Lipinski definition) is 3. The van der Waals surface area contributed by atoms with Crippen LogP contribution in [0.4, 0.5) is 0 Å². The standard InChI is InChI=1S/C27H33N3O6/c1-16-11-12-27(2,3)20-13-17(9-10-19(16)20)15-29-24(34)22(23(33)28-14-21(31)32)25(35)30(26(29)36)18-7-5-4-6-8-18/h9-11,13,18,34H,4-8,12,14-15H2,1-3H3,(H,28,33)(H,31,32). The number of nitrogens with zero attached hydrogens (tertiary/aromatic N) is 2. The van der Waals surface area contributed by atoms with Gasteiger partial charge in [-0.25, -0.2) is 4.79 Å². The Morgan fingerprint density at radius 1 is 1.14 bits per heavy atom. The number of rotatable bonds is 6. The van der Waals surface area contributed by atoms with E-state index in [9.17, 15) is 24.3 Å². The van der Waals surface area contributed by atoms with E-state index in [2.05, 4.69) is 32.2 Å². The molecule has 2 aromatic rings. The Morgan fingerprint density at radius 2 is 1.83 bits per heavy atom. The number of carbonyl (C=O) groups is 2. The van der Waals surface area contributed by atoms with Gasteiger partial charge in [0.2, 0.25) is 5.88 Å². The molecular formula is C27H33N3O6. The average Bonchev–Trinajstić information content (AvgIpc) is 2.84. The van der Waals surface area contributed by atoms with Crippen LogP contribution in [0.3, 0.4) is 0 Å². The average molecular weight is 496 g/mol. The van der Waals surface area contributed by atoms with Crippen molar-refractivity contribution in [1.29, 1.82) is 0 Å². The number of carboxylic acid groups (broad SMARTS) is 1. The summed E-state index contributed by atoms with van der Waals surface area (Å²) in [5.41, 5.74) is 1.90. The highest BCUT2D eigenvalue weighted by atomic mass is 16.4. The number of aromatic nitrogens is 2. The third-order valence-electron chi connectivity index (χ3n) is 7.41. The third kappa shape index (κ3) is 4.74. The Morgan fingerprint density at radius 3 is 2.50 bits per heavy atom. The summed E-state index contributed by atoms with van der Waals surface area (Å²) in [6.45, 7) is 5.61. The topological polar surface area (TPSA) is 131 Å². The van der Waals surface area contributed by atoms with Crippen LogP contribution in [0, 0.1) is 0 Å². The van der Waals surface area contributed by atoms with Crippen LogP contribution in [-0.2, 0) is 16.8 Å². The van der Waals surface area contributed by atoms with Crippen molar-refractivity contribution >= 4 is 17.4 Å². The maximum absolute atomic E-state index is 13.6. The van der Waals surface area contributed by atoms with Crippen LogP contribution in [0.15, 0.2) is 33.9 Å². The molecule has 9 heteroatoms. The Bertz CT molecular complexity index is 1360. The van der Waals surface area contributed by atoms with E-state index in [1.54, 1.807) is 0 Å². The molecule has 0 aliphatic heterocycles. The first kappa shape index (κ1) is 25.5. The molecule has 0 radical (unpaired) electrons. The third-order valence-corrected chi connectivity index (χ3v) is 7.41. The molecule has 36 heavy (non-hydrogen) atoms. The van der Waals surface area contributed by atoms with Gasteiger partial charge >= 0.3 is 11.7 Å². The van der Waals surface area contributed by atoms with Crippen molar-refractivity contribution in [3.8, 4) is 5.88 Å². The molecule has 0 saturated heterocycles. The van der Waals surface area contributed by atoms with E-state index in [4.69, 9.17) is 5.11 Å². The number of hydrogen-bond acceptors (Lipinski definition) is 5. The molecule has 0 atom stereocenters. The van der Waals surface area contributed by atoms with E-state index in [0.717, 1.165) is 51.5 Å². The first-order chi connectivity index (χ1) is 17.0. The predicted molar refractivity (Wildman–Crippen MR) is 136 cm³/mol. The summed E-state index contributed by atoms with van der Waals surface area (Å²) in [5.74, 6) is -3.07. The van der Waals surface area contributed by atoms with Gasteiger partial charge < -0.3 is 15.5 Å². The minimum absolute atomic E-state index is 0.0387. The van der Waals surface area contributed by atoms with Gasteiger partial charge in [0, 0.05) is 6.04 Å². The molecule has 1 fully saturated rings. The molecule has 9 nitrogen and oxygen atoms in total. The highest BCUT2D eigenvalue weighted by molar-refractivity contribution is 5.97. The van der Waals surface area contributed by atoms with Gasteiger partial charge in [0.15, 0.2) is 5.56 Å².